The highest BCUT2D eigenvalue weighted by molar-refractivity contribution is 6.16. The molecule has 50 heavy (non-hydrogen) atoms. The lowest BCUT2D eigenvalue weighted by Gasteiger charge is -2.11. The molecule has 6 aromatic carbocycles. The van der Waals surface area contributed by atoms with Crippen LogP contribution in [0.4, 0.5) is 5.69 Å². The lowest BCUT2D eigenvalue weighted by molar-refractivity contribution is 1.18. The van der Waals surface area contributed by atoms with E-state index in [4.69, 9.17) is 15.0 Å². The number of rotatable bonds is 8. The van der Waals surface area contributed by atoms with Gasteiger partial charge in [0, 0.05) is 39.4 Å². The minimum Gasteiger partial charge on any atom is -0.309 e. The topological polar surface area (TPSA) is 43.1 Å². The van der Waals surface area contributed by atoms with Gasteiger partial charge in [0.05, 0.1) is 28.1 Å². The highest BCUT2D eigenvalue weighted by Crippen LogP contribution is 2.40. The largest absolute Gasteiger partial charge is 0.309 e. The predicted molar refractivity (Wildman–Crippen MR) is 210 cm³/mol. The average molecular weight is 643 g/mol. The summed E-state index contributed by atoms with van der Waals surface area (Å²) in [6.07, 6.45) is 9.77. The number of allylic oxidation sites excluding steroid dienone is 4. The number of fused-ring (bicyclic) bond motifs is 3. The molecule has 0 aliphatic rings. The molecular formula is C46H34N4. The molecule has 0 aliphatic carbocycles. The molecule has 0 amide bonds. The first-order valence-electron chi connectivity index (χ1n) is 16.8. The minimum atomic E-state index is 0.688. The lowest BCUT2D eigenvalue weighted by Crippen LogP contribution is -1.96. The second-order valence-corrected chi connectivity index (χ2v) is 12.0. The SMILES string of the molecule is C/C=C\C=C/C=Nc1ccc2c(c1)c1c(-c3cccc(-c4nc(-c5ccccc5)cc(-c5ccccc5)n4)c3)cccc1n2-c1ccccc1. The maximum atomic E-state index is 5.11. The van der Waals surface area contributed by atoms with Crippen LogP contribution in [0.1, 0.15) is 6.92 Å². The van der Waals surface area contributed by atoms with E-state index >= 15 is 0 Å². The first-order valence-corrected chi connectivity index (χ1v) is 16.8. The monoisotopic (exact) mass is 642 g/mol. The quantitative estimate of drug-likeness (QED) is 0.122. The molecule has 4 heteroatoms. The van der Waals surface area contributed by atoms with Gasteiger partial charge in [0.15, 0.2) is 5.82 Å². The molecule has 0 fully saturated rings. The highest BCUT2D eigenvalue weighted by atomic mass is 15.0. The van der Waals surface area contributed by atoms with Crippen molar-refractivity contribution in [2.75, 3.05) is 0 Å². The van der Waals surface area contributed by atoms with E-state index in [9.17, 15) is 0 Å². The van der Waals surface area contributed by atoms with E-state index in [1.54, 1.807) is 0 Å². The van der Waals surface area contributed by atoms with Gasteiger partial charge in [-0.3, -0.25) is 4.99 Å². The molecule has 0 saturated heterocycles. The van der Waals surface area contributed by atoms with Crippen LogP contribution >= 0.6 is 0 Å². The number of para-hydroxylation sites is 1. The lowest BCUT2D eigenvalue weighted by atomic mass is 9.97. The third-order valence-electron chi connectivity index (χ3n) is 8.81. The van der Waals surface area contributed by atoms with Gasteiger partial charge >= 0.3 is 0 Å². The average Bonchev–Trinajstić information content (AvgIpc) is 3.52. The molecule has 0 N–H and O–H groups in total. The molecule has 0 saturated carbocycles. The van der Waals surface area contributed by atoms with Crippen LogP contribution in [-0.2, 0) is 0 Å². The Morgan fingerprint density at radius 3 is 1.86 bits per heavy atom. The summed E-state index contributed by atoms with van der Waals surface area (Å²) in [5, 5.41) is 2.32. The summed E-state index contributed by atoms with van der Waals surface area (Å²) in [5.41, 5.74) is 11.4. The van der Waals surface area contributed by atoms with E-state index in [-0.39, 0.29) is 0 Å². The number of aromatic nitrogens is 3. The molecule has 238 valence electrons. The van der Waals surface area contributed by atoms with Crippen LogP contribution in [0.5, 0.6) is 0 Å². The number of aliphatic imine (C=N–C) groups is 1. The van der Waals surface area contributed by atoms with Crippen molar-refractivity contribution in [3.8, 4) is 50.7 Å². The van der Waals surface area contributed by atoms with Crippen molar-refractivity contribution in [3.63, 3.8) is 0 Å². The fraction of sp³-hybridized carbons (Fsp3) is 0.0217. The Kier molecular flexibility index (Phi) is 8.49. The van der Waals surface area contributed by atoms with Crippen molar-refractivity contribution < 1.29 is 0 Å². The zero-order chi connectivity index (χ0) is 33.7. The molecule has 0 unspecified atom stereocenters. The fourth-order valence-corrected chi connectivity index (χ4v) is 6.50. The maximum Gasteiger partial charge on any atom is 0.160 e. The van der Waals surface area contributed by atoms with Crippen molar-refractivity contribution in [1.29, 1.82) is 0 Å². The van der Waals surface area contributed by atoms with Gasteiger partial charge in [0.2, 0.25) is 0 Å². The Morgan fingerprint density at radius 2 is 1.16 bits per heavy atom. The molecular weight excluding hydrogens is 609 g/mol. The molecule has 8 aromatic rings. The van der Waals surface area contributed by atoms with E-state index in [0.29, 0.717) is 5.82 Å². The second-order valence-electron chi connectivity index (χ2n) is 12.0. The van der Waals surface area contributed by atoms with Gasteiger partial charge in [-0.25, -0.2) is 9.97 Å². The third-order valence-corrected chi connectivity index (χ3v) is 8.81. The molecule has 8 rings (SSSR count). The van der Waals surface area contributed by atoms with E-state index < -0.39 is 0 Å². The number of benzene rings is 6. The van der Waals surface area contributed by atoms with Crippen molar-refractivity contribution in [2.45, 2.75) is 6.92 Å². The number of nitrogens with zero attached hydrogens (tertiary/aromatic N) is 4. The number of hydrogen-bond acceptors (Lipinski definition) is 3. The Morgan fingerprint density at radius 1 is 0.520 bits per heavy atom. The third kappa shape index (κ3) is 6.07. The molecule has 2 heterocycles. The summed E-state index contributed by atoms with van der Waals surface area (Å²) in [6, 6.07) is 54.9. The van der Waals surface area contributed by atoms with Gasteiger partial charge in [0.25, 0.3) is 0 Å². The Balaban J connectivity index is 1.31. The smallest absolute Gasteiger partial charge is 0.160 e. The Bertz CT molecular complexity index is 2470. The van der Waals surface area contributed by atoms with E-state index in [0.717, 1.165) is 67.0 Å². The van der Waals surface area contributed by atoms with E-state index in [2.05, 4.69) is 126 Å². The molecule has 0 spiro atoms. The molecule has 0 bridgehead atoms. The summed E-state index contributed by atoms with van der Waals surface area (Å²) in [7, 11) is 0. The molecule has 2 aromatic heterocycles. The van der Waals surface area contributed by atoms with Gasteiger partial charge in [-0.15, -0.1) is 0 Å². The first kappa shape index (κ1) is 30.7. The van der Waals surface area contributed by atoms with Gasteiger partial charge in [0.1, 0.15) is 0 Å². The Labute approximate surface area is 292 Å². The van der Waals surface area contributed by atoms with E-state index in [1.807, 2.05) is 73.8 Å². The normalized spacial score (nSPS) is 11.9. The summed E-state index contributed by atoms with van der Waals surface area (Å²) in [6.45, 7) is 2.00. The zero-order valence-electron chi connectivity index (χ0n) is 27.7. The number of hydrogen-bond donors (Lipinski definition) is 0. The summed E-state index contributed by atoms with van der Waals surface area (Å²) in [5.74, 6) is 0.688. The highest BCUT2D eigenvalue weighted by Gasteiger charge is 2.18. The van der Waals surface area contributed by atoms with Gasteiger partial charge in [-0.05, 0) is 72.7 Å². The summed E-state index contributed by atoms with van der Waals surface area (Å²) < 4.78 is 2.34. The standard InChI is InChI=1S/C46H34N4/c1-2-3-4-14-29-47-37-27-28-43-40(31-37)45-39(25-16-26-44(45)50(43)38-23-12-7-13-24-38)35-21-15-22-36(30-35)46-48-41(33-17-8-5-9-18-33)32-42(49-46)34-19-10-6-11-20-34/h2-32H,1H3/b3-2-,14-4-,47-29?. The van der Waals surface area contributed by atoms with Crippen LogP contribution in [0.2, 0.25) is 0 Å². The van der Waals surface area contributed by atoms with Crippen molar-refractivity contribution >= 4 is 33.7 Å². The molecule has 0 radical (unpaired) electrons. The van der Waals surface area contributed by atoms with Crippen LogP contribution < -0.4 is 0 Å². The van der Waals surface area contributed by atoms with Crippen LogP contribution in [0.25, 0.3) is 72.5 Å². The van der Waals surface area contributed by atoms with Crippen LogP contribution in [0.15, 0.2) is 187 Å². The molecule has 4 nitrogen and oxygen atoms in total. The minimum absolute atomic E-state index is 0.688. The van der Waals surface area contributed by atoms with Gasteiger partial charge in [-0.2, -0.15) is 0 Å². The second kappa shape index (κ2) is 13.8. The molecule has 0 aliphatic heterocycles. The van der Waals surface area contributed by atoms with Gasteiger partial charge in [-0.1, -0.05) is 127 Å². The maximum absolute atomic E-state index is 5.11. The van der Waals surface area contributed by atoms with Crippen molar-refractivity contribution in [1.82, 2.24) is 14.5 Å². The first-order chi connectivity index (χ1) is 24.8. The summed E-state index contributed by atoms with van der Waals surface area (Å²) >= 11 is 0. The Hall–Kier alpha value is -6.65. The van der Waals surface area contributed by atoms with Crippen LogP contribution in [0.3, 0.4) is 0 Å². The predicted octanol–water partition coefficient (Wildman–Crippen LogP) is 12.1. The van der Waals surface area contributed by atoms with Crippen molar-refractivity contribution in [3.05, 3.63) is 182 Å². The zero-order valence-corrected chi connectivity index (χ0v) is 27.7. The summed E-state index contributed by atoms with van der Waals surface area (Å²) in [4.78, 5) is 15.0. The fourth-order valence-electron chi connectivity index (χ4n) is 6.50. The van der Waals surface area contributed by atoms with Gasteiger partial charge < -0.3 is 4.57 Å². The van der Waals surface area contributed by atoms with Crippen molar-refractivity contribution in [2.24, 2.45) is 4.99 Å². The van der Waals surface area contributed by atoms with Crippen LogP contribution in [-0.4, -0.2) is 20.7 Å². The van der Waals surface area contributed by atoms with Crippen LogP contribution in [0, 0.1) is 0 Å². The molecule has 0 atom stereocenters. The van der Waals surface area contributed by atoms with E-state index in [1.165, 1.54) is 5.39 Å².